The molecule has 0 unspecified atom stereocenters. The molecule has 2 heterocycles. The number of hydrogen-bond acceptors (Lipinski definition) is 5. The second-order valence-electron chi connectivity index (χ2n) is 5.67. The Labute approximate surface area is 127 Å². The first-order valence-corrected chi connectivity index (χ1v) is 7.56. The minimum atomic E-state index is -0.344. The number of thiazole rings is 1. The molecule has 0 saturated carbocycles. The first kappa shape index (κ1) is 14.0. The minimum absolute atomic E-state index is 0.344. The first-order chi connectivity index (χ1) is 10.0. The molecule has 0 spiro atoms. The predicted molar refractivity (Wildman–Crippen MR) is 86.6 cm³/mol. The van der Waals surface area contributed by atoms with E-state index in [-0.39, 0.29) is 5.54 Å². The van der Waals surface area contributed by atoms with Gasteiger partial charge in [0.1, 0.15) is 17.4 Å². The van der Waals surface area contributed by atoms with Gasteiger partial charge in [-0.05, 0) is 44.2 Å². The highest BCUT2D eigenvalue weighted by Gasteiger charge is 2.12. The third kappa shape index (κ3) is 3.37. The average molecular weight is 299 g/mol. The molecule has 21 heavy (non-hydrogen) atoms. The van der Waals surface area contributed by atoms with Crippen LogP contribution in [0, 0.1) is 0 Å². The summed E-state index contributed by atoms with van der Waals surface area (Å²) >= 11 is 1.64. The molecule has 1 aromatic carbocycles. The molecule has 0 atom stereocenters. The zero-order chi connectivity index (χ0) is 14.9. The van der Waals surface area contributed by atoms with Gasteiger partial charge >= 0.3 is 0 Å². The zero-order valence-corrected chi connectivity index (χ0v) is 12.9. The summed E-state index contributed by atoms with van der Waals surface area (Å²) in [7, 11) is 0. The van der Waals surface area contributed by atoms with E-state index in [0.717, 1.165) is 26.5 Å². The van der Waals surface area contributed by atoms with Crippen LogP contribution in [0.5, 0.6) is 5.75 Å². The van der Waals surface area contributed by atoms with E-state index in [0.29, 0.717) is 6.61 Å². The Morgan fingerprint density at radius 2 is 2.14 bits per heavy atom. The molecular weight excluding hydrogens is 282 g/mol. The lowest BCUT2D eigenvalue weighted by atomic mass is 10.1. The van der Waals surface area contributed by atoms with E-state index in [1.807, 2.05) is 50.4 Å². The van der Waals surface area contributed by atoms with Crippen molar-refractivity contribution in [2.24, 2.45) is 5.73 Å². The fourth-order valence-corrected chi connectivity index (χ4v) is 2.86. The van der Waals surface area contributed by atoms with Crippen LogP contribution in [0.2, 0.25) is 0 Å². The lowest BCUT2D eigenvalue weighted by Crippen LogP contribution is -2.38. The average Bonchev–Trinajstić information content (AvgIpc) is 2.88. The molecule has 0 fully saturated rings. The van der Waals surface area contributed by atoms with Gasteiger partial charge in [0.05, 0.1) is 10.2 Å². The van der Waals surface area contributed by atoms with Gasteiger partial charge in [0.15, 0.2) is 0 Å². The minimum Gasteiger partial charge on any atom is -0.492 e. The SMILES string of the molecule is CC(C)(N)COc1ccc2nc(-c3cccnc3)sc2c1. The molecule has 5 heteroatoms. The molecule has 2 N–H and O–H groups in total. The normalized spacial score (nSPS) is 11.8. The van der Waals surface area contributed by atoms with E-state index in [1.165, 1.54) is 0 Å². The zero-order valence-electron chi connectivity index (χ0n) is 12.0. The number of aromatic nitrogens is 2. The van der Waals surface area contributed by atoms with Crippen molar-refractivity contribution >= 4 is 21.6 Å². The summed E-state index contributed by atoms with van der Waals surface area (Å²) in [6, 6.07) is 9.85. The van der Waals surface area contributed by atoms with Crippen molar-refractivity contribution in [3.05, 3.63) is 42.7 Å². The quantitative estimate of drug-likeness (QED) is 0.801. The molecule has 2 aromatic heterocycles. The standard InChI is InChI=1S/C16H17N3OS/c1-16(2,17)10-20-12-5-6-13-14(8-12)21-15(19-13)11-4-3-7-18-9-11/h3-9H,10,17H2,1-2H3. The van der Waals surface area contributed by atoms with Gasteiger partial charge in [-0.1, -0.05) is 0 Å². The van der Waals surface area contributed by atoms with Gasteiger partial charge in [-0.15, -0.1) is 11.3 Å². The van der Waals surface area contributed by atoms with Gasteiger partial charge in [0.25, 0.3) is 0 Å². The lowest BCUT2D eigenvalue weighted by Gasteiger charge is -2.18. The molecule has 108 valence electrons. The van der Waals surface area contributed by atoms with Crippen LogP contribution < -0.4 is 10.5 Å². The Hall–Kier alpha value is -1.98. The topological polar surface area (TPSA) is 61.0 Å². The van der Waals surface area contributed by atoms with Crippen LogP contribution in [0.4, 0.5) is 0 Å². The molecule has 0 amide bonds. The number of rotatable bonds is 4. The van der Waals surface area contributed by atoms with Crippen molar-refractivity contribution in [1.82, 2.24) is 9.97 Å². The summed E-state index contributed by atoms with van der Waals surface area (Å²) in [5.41, 5.74) is 7.59. The second-order valence-corrected chi connectivity index (χ2v) is 6.70. The highest BCUT2D eigenvalue weighted by atomic mass is 32.1. The van der Waals surface area contributed by atoms with E-state index in [4.69, 9.17) is 10.5 Å². The molecule has 0 aliphatic heterocycles. The smallest absolute Gasteiger partial charge is 0.126 e. The maximum absolute atomic E-state index is 5.93. The molecule has 4 nitrogen and oxygen atoms in total. The van der Waals surface area contributed by atoms with Crippen LogP contribution >= 0.6 is 11.3 Å². The molecule has 3 aromatic rings. The van der Waals surface area contributed by atoms with Crippen molar-refractivity contribution in [3.63, 3.8) is 0 Å². The summed E-state index contributed by atoms with van der Waals surface area (Å²) in [5.74, 6) is 0.822. The third-order valence-electron chi connectivity index (χ3n) is 2.88. The van der Waals surface area contributed by atoms with Gasteiger partial charge in [-0.2, -0.15) is 0 Å². The van der Waals surface area contributed by atoms with Crippen molar-refractivity contribution in [2.45, 2.75) is 19.4 Å². The maximum atomic E-state index is 5.93. The molecule has 0 saturated heterocycles. The molecule has 3 rings (SSSR count). The Bertz CT molecular complexity index is 747. The number of fused-ring (bicyclic) bond motifs is 1. The Morgan fingerprint density at radius 3 is 2.86 bits per heavy atom. The molecule has 0 aliphatic carbocycles. The van der Waals surface area contributed by atoms with Crippen molar-refractivity contribution in [1.29, 1.82) is 0 Å². The van der Waals surface area contributed by atoms with E-state index < -0.39 is 0 Å². The predicted octanol–water partition coefficient (Wildman–Crippen LogP) is 3.47. The lowest BCUT2D eigenvalue weighted by molar-refractivity contribution is 0.243. The van der Waals surface area contributed by atoms with Crippen LogP contribution in [-0.2, 0) is 0 Å². The number of hydrogen-bond donors (Lipinski definition) is 1. The van der Waals surface area contributed by atoms with Crippen LogP contribution in [-0.4, -0.2) is 22.1 Å². The number of nitrogens with zero attached hydrogens (tertiary/aromatic N) is 2. The summed E-state index contributed by atoms with van der Waals surface area (Å²) in [4.78, 5) is 8.76. The summed E-state index contributed by atoms with van der Waals surface area (Å²) < 4.78 is 6.83. The van der Waals surface area contributed by atoms with Gasteiger partial charge < -0.3 is 10.5 Å². The fraction of sp³-hybridized carbons (Fsp3) is 0.250. The number of pyridine rings is 1. The summed E-state index contributed by atoms with van der Waals surface area (Å²) in [5, 5.41) is 0.967. The highest BCUT2D eigenvalue weighted by Crippen LogP contribution is 2.32. The highest BCUT2D eigenvalue weighted by molar-refractivity contribution is 7.21. The number of benzene rings is 1. The largest absolute Gasteiger partial charge is 0.492 e. The monoisotopic (exact) mass is 299 g/mol. The van der Waals surface area contributed by atoms with Gasteiger partial charge in [0, 0.05) is 23.5 Å². The van der Waals surface area contributed by atoms with Crippen LogP contribution in [0.15, 0.2) is 42.7 Å². The van der Waals surface area contributed by atoms with Crippen LogP contribution in [0.3, 0.4) is 0 Å². The van der Waals surface area contributed by atoms with E-state index in [2.05, 4.69) is 9.97 Å². The Kier molecular flexibility index (Phi) is 3.61. The molecule has 0 bridgehead atoms. The third-order valence-corrected chi connectivity index (χ3v) is 3.95. The van der Waals surface area contributed by atoms with E-state index in [9.17, 15) is 0 Å². The van der Waals surface area contributed by atoms with Crippen molar-refractivity contribution < 1.29 is 4.74 Å². The van der Waals surface area contributed by atoms with Crippen LogP contribution in [0.25, 0.3) is 20.8 Å². The van der Waals surface area contributed by atoms with Gasteiger partial charge in [-0.25, -0.2) is 4.98 Å². The summed E-state index contributed by atoms with van der Waals surface area (Å²) in [6.07, 6.45) is 3.59. The van der Waals surface area contributed by atoms with Crippen LogP contribution in [0.1, 0.15) is 13.8 Å². The van der Waals surface area contributed by atoms with Crippen molar-refractivity contribution in [2.75, 3.05) is 6.61 Å². The Balaban J connectivity index is 1.89. The number of nitrogens with two attached hydrogens (primary N) is 1. The molecule has 0 aliphatic rings. The fourth-order valence-electron chi connectivity index (χ4n) is 1.88. The number of ether oxygens (including phenoxy) is 1. The molecular formula is C16H17N3OS. The second kappa shape index (κ2) is 5.42. The van der Waals surface area contributed by atoms with E-state index >= 15 is 0 Å². The Morgan fingerprint density at radius 1 is 1.29 bits per heavy atom. The molecule has 0 radical (unpaired) electrons. The van der Waals surface area contributed by atoms with E-state index in [1.54, 1.807) is 17.5 Å². The van der Waals surface area contributed by atoms with Gasteiger partial charge in [0.2, 0.25) is 0 Å². The summed E-state index contributed by atoms with van der Waals surface area (Å²) in [6.45, 7) is 4.37. The maximum Gasteiger partial charge on any atom is 0.126 e. The van der Waals surface area contributed by atoms with Crippen molar-refractivity contribution in [3.8, 4) is 16.3 Å². The van der Waals surface area contributed by atoms with Gasteiger partial charge in [-0.3, -0.25) is 4.98 Å². The first-order valence-electron chi connectivity index (χ1n) is 6.74.